The van der Waals surface area contributed by atoms with Gasteiger partial charge in [-0.15, -0.1) is 11.8 Å². The molecule has 0 aliphatic heterocycles. The molecule has 0 bridgehead atoms. The Morgan fingerprint density at radius 2 is 2.11 bits per heavy atom. The molecule has 96 valence electrons. The predicted molar refractivity (Wildman–Crippen MR) is 79.8 cm³/mol. The number of hydrogen-bond donors (Lipinski definition) is 2. The van der Waals surface area contributed by atoms with Crippen LogP contribution in [0.4, 0.5) is 0 Å². The number of benzene rings is 1. The van der Waals surface area contributed by atoms with Gasteiger partial charge in [-0.05, 0) is 30.3 Å². The smallest absolute Gasteiger partial charge is 0.0490 e. The van der Waals surface area contributed by atoms with Crippen molar-refractivity contribution in [2.75, 3.05) is 6.54 Å². The zero-order valence-corrected chi connectivity index (χ0v) is 12.6. The summed E-state index contributed by atoms with van der Waals surface area (Å²) in [4.78, 5) is 1.30. The standard InChI is InChI=1S/C13H16BrN3S/c1-10(8-15-9-12-6-7-16-17-12)18-13-4-2-11(14)3-5-13/h2-7,10,15H,8-9H2,1H3,(H,16,17). The van der Waals surface area contributed by atoms with E-state index in [9.17, 15) is 0 Å². The molecule has 1 heterocycles. The maximum Gasteiger partial charge on any atom is 0.0490 e. The highest BCUT2D eigenvalue weighted by molar-refractivity contribution is 9.10. The van der Waals surface area contributed by atoms with E-state index in [0.717, 1.165) is 23.3 Å². The first kappa shape index (κ1) is 13.6. The van der Waals surface area contributed by atoms with Gasteiger partial charge in [0.05, 0.1) is 0 Å². The second-order valence-corrected chi connectivity index (χ2v) is 6.52. The molecular formula is C13H16BrN3S. The van der Waals surface area contributed by atoms with Gasteiger partial charge in [-0.2, -0.15) is 5.10 Å². The molecule has 3 nitrogen and oxygen atoms in total. The van der Waals surface area contributed by atoms with Crippen molar-refractivity contribution < 1.29 is 0 Å². The van der Waals surface area contributed by atoms with Crippen LogP contribution in [0.1, 0.15) is 12.6 Å². The van der Waals surface area contributed by atoms with Crippen LogP contribution >= 0.6 is 27.7 Å². The summed E-state index contributed by atoms with van der Waals surface area (Å²) in [5.41, 5.74) is 1.12. The maximum absolute atomic E-state index is 3.92. The summed E-state index contributed by atoms with van der Waals surface area (Å²) in [5.74, 6) is 0. The van der Waals surface area contributed by atoms with Crippen LogP contribution in [-0.4, -0.2) is 22.0 Å². The Labute approximate surface area is 120 Å². The molecule has 0 aliphatic carbocycles. The lowest BCUT2D eigenvalue weighted by atomic mass is 10.4. The molecule has 5 heteroatoms. The number of rotatable bonds is 6. The van der Waals surface area contributed by atoms with E-state index in [2.05, 4.69) is 62.6 Å². The van der Waals surface area contributed by atoms with Gasteiger partial charge < -0.3 is 5.32 Å². The van der Waals surface area contributed by atoms with Crippen molar-refractivity contribution in [1.82, 2.24) is 15.5 Å². The lowest BCUT2D eigenvalue weighted by Crippen LogP contribution is -2.22. The Bertz CT molecular complexity index is 456. The molecule has 2 aromatic rings. The van der Waals surface area contributed by atoms with E-state index >= 15 is 0 Å². The Hall–Kier alpha value is -0.780. The van der Waals surface area contributed by atoms with Crippen molar-refractivity contribution in [2.24, 2.45) is 0 Å². The highest BCUT2D eigenvalue weighted by Gasteiger charge is 2.04. The van der Waals surface area contributed by atoms with Crippen LogP contribution in [0, 0.1) is 0 Å². The minimum absolute atomic E-state index is 0.536. The minimum Gasteiger partial charge on any atom is -0.310 e. The lowest BCUT2D eigenvalue weighted by molar-refractivity contribution is 0.670. The van der Waals surface area contributed by atoms with Crippen LogP contribution < -0.4 is 5.32 Å². The van der Waals surface area contributed by atoms with Gasteiger partial charge >= 0.3 is 0 Å². The molecule has 18 heavy (non-hydrogen) atoms. The molecule has 1 unspecified atom stereocenters. The van der Waals surface area contributed by atoms with Gasteiger partial charge in [0.15, 0.2) is 0 Å². The van der Waals surface area contributed by atoms with Crippen LogP contribution in [-0.2, 0) is 6.54 Å². The van der Waals surface area contributed by atoms with E-state index < -0.39 is 0 Å². The Morgan fingerprint density at radius 1 is 1.33 bits per heavy atom. The SMILES string of the molecule is CC(CNCc1ccn[nH]1)Sc1ccc(Br)cc1. The molecule has 0 saturated heterocycles. The number of aromatic nitrogens is 2. The fourth-order valence-corrected chi connectivity index (χ4v) is 2.80. The Balaban J connectivity index is 1.71. The highest BCUT2D eigenvalue weighted by atomic mass is 79.9. The van der Waals surface area contributed by atoms with Crippen molar-refractivity contribution in [3.05, 3.63) is 46.7 Å². The van der Waals surface area contributed by atoms with Gasteiger partial charge in [-0.3, -0.25) is 5.10 Å². The average molecular weight is 326 g/mol. The van der Waals surface area contributed by atoms with Crippen molar-refractivity contribution in [2.45, 2.75) is 23.6 Å². The maximum atomic E-state index is 3.92. The lowest BCUT2D eigenvalue weighted by Gasteiger charge is -2.12. The van der Waals surface area contributed by atoms with E-state index in [0.29, 0.717) is 5.25 Å². The first-order valence-electron chi connectivity index (χ1n) is 5.85. The average Bonchev–Trinajstić information content (AvgIpc) is 2.85. The van der Waals surface area contributed by atoms with Gasteiger partial charge in [-0.1, -0.05) is 22.9 Å². The normalized spacial score (nSPS) is 12.6. The molecule has 0 fully saturated rings. The topological polar surface area (TPSA) is 40.7 Å². The molecule has 0 aliphatic rings. The van der Waals surface area contributed by atoms with Gasteiger partial charge in [0.1, 0.15) is 0 Å². The quantitative estimate of drug-likeness (QED) is 0.799. The zero-order valence-electron chi connectivity index (χ0n) is 10.2. The molecule has 1 aromatic heterocycles. The summed E-state index contributed by atoms with van der Waals surface area (Å²) in [6.07, 6.45) is 1.77. The van der Waals surface area contributed by atoms with Crippen molar-refractivity contribution in [1.29, 1.82) is 0 Å². The van der Waals surface area contributed by atoms with E-state index in [1.165, 1.54) is 4.90 Å². The molecule has 0 saturated carbocycles. The fourth-order valence-electron chi connectivity index (χ4n) is 1.58. The second kappa shape index (κ2) is 6.97. The molecular weight excluding hydrogens is 310 g/mol. The summed E-state index contributed by atoms with van der Waals surface area (Å²) in [7, 11) is 0. The third-order valence-corrected chi connectivity index (χ3v) is 4.10. The summed E-state index contributed by atoms with van der Waals surface area (Å²) < 4.78 is 1.12. The monoisotopic (exact) mass is 325 g/mol. The first-order valence-corrected chi connectivity index (χ1v) is 7.52. The summed E-state index contributed by atoms with van der Waals surface area (Å²) in [6.45, 7) is 4.04. The van der Waals surface area contributed by atoms with Crippen LogP contribution in [0.5, 0.6) is 0 Å². The van der Waals surface area contributed by atoms with E-state index in [4.69, 9.17) is 0 Å². The number of aromatic amines is 1. The number of halogens is 1. The van der Waals surface area contributed by atoms with Crippen LogP contribution in [0.15, 0.2) is 45.9 Å². The van der Waals surface area contributed by atoms with E-state index in [1.807, 2.05) is 17.8 Å². The van der Waals surface area contributed by atoms with Gasteiger partial charge in [0.25, 0.3) is 0 Å². The number of thioether (sulfide) groups is 1. The first-order chi connectivity index (χ1) is 8.74. The largest absolute Gasteiger partial charge is 0.310 e. The van der Waals surface area contributed by atoms with Crippen molar-refractivity contribution >= 4 is 27.7 Å². The fraction of sp³-hybridized carbons (Fsp3) is 0.308. The van der Waals surface area contributed by atoms with Crippen molar-refractivity contribution in [3.8, 4) is 0 Å². The number of nitrogens with one attached hydrogen (secondary N) is 2. The van der Waals surface area contributed by atoms with E-state index in [1.54, 1.807) is 6.20 Å². The number of H-pyrrole nitrogens is 1. The minimum atomic E-state index is 0.536. The van der Waals surface area contributed by atoms with Gasteiger partial charge in [-0.25, -0.2) is 0 Å². The molecule has 1 atom stereocenters. The summed E-state index contributed by atoms with van der Waals surface area (Å²) in [6, 6.07) is 10.4. The molecule has 1 aromatic carbocycles. The Morgan fingerprint density at radius 3 is 2.78 bits per heavy atom. The third-order valence-electron chi connectivity index (χ3n) is 2.46. The molecule has 2 N–H and O–H groups in total. The number of hydrogen-bond acceptors (Lipinski definition) is 3. The summed E-state index contributed by atoms with van der Waals surface area (Å²) >= 11 is 5.32. The van der Waals surface area contributed by atoms with E-state index in [-0.39, 0.29) is 0 Å². The molecule has 0 spiro atoms. The highest BCUT2D eigenvalue weighted by Crippen LogP contribution is 2.24. The predicted octanol–water partition coefficient (Wildman–Crippen LogP) is 3.44. The summed E-state index contributed by atoms with van der Waals surface area (Å²) in [5, 5.41) is 10.8. The van der Waals surface area contributed by atoms with Gasteiger partial charge in [0.2, 0.25) is 0 Å². The van der Waals surface area contributed by atoms with Crippen LogP contribution in [0.3, 0.4) is 0 Å². The Kier molecular flexibility index (Phi) is 5.28. The van der Waals surface area contributed by atoms with Crippen LogP contribution in [0.25, 0.3) is 0 Å². The zero-order chi connectivity index (χ0) is 12.8. The third kappa shape index (κ3) is 4.48. The molecule has 2 rings (SSSR count). The molecule has 0 radical (unpaired) electrons. The van der Waals surface area contributed by atoms with Gasteiger partial charge in [0, 0.05) is 39.6 Å². The number of nitrogens with zero attached hydrogens (tertiary/aromatic N) is 1. The second-order valence-electron chi connectivity index (χ2n) is 4.10. The van der Waals surface area contributed by atoms with Crippen molar-refractivity contribution in [3.63, 3.8) is 0 Å². The molecule has 0 amide bonds. The van der Waals surface area contributed by atoms with Crippen LogP contribution in [0.2, 0.25) is 0 Å².